The predicted molar refractivity (Wildman–Crippen MR) is 29.1 cm³/mol. The summed E-state index contributed by atoms with van der Waals surface area (Å²) in [6, 6.07) is 0. The maximum Gasteiger partial charge on any atom is 0.394 e. The smallest absolute Gasteiger partial charge is 0.344 e. The van der Waals surface area contributed by atoms with Gasteiger partial charge in [-0.25, -0.2) is 0 Å². The lowest BCUT2D eigenvalue weighted by Crippen LogP contribution is -1.89. The summed E-state index contributed by atoms with van der Waals surface area (Å²) < 4.78 is 31.6. The van der Waals surface area contributed by atoms with E-state index in [0.717, 1.165) is 0 Å². The minimum absolute atomic E-state index is 0. The van der Waals surface area contributed by atoms with Gasteiger partial charge in [-0.05, 0) is 0 Å². The highest BCUT2D eigenvalue weighted by Crippen LogP contribution is 1.59. The first kappa shape index (κ1) is 15.8. The molecule has 0 spiro atoms. The van der Waals surface area contributed by atoms with E-state index >= 15 is 0 Å². The second-order valence-corrected chi connectivity index (χ2v) is 1.34. The molecule has 0 aromatic rings. The zero-order valence-electron chi connectivity index (χ0n) is 2.83. The van der Waals surface area contributed by atoms with E-state index in [0.29, 0.717) is 0 Å². The van der Waals surface area contributed by atoms with Crippen molar-refractivity contribution in [3.63, 3.8) is 0 Å². The topological polar surface area (TPSA) is 110 Å². The average Bonchev–Trinajstić information content (AvgIpc) is 0.722. The highest BCUT2D eigenvalue weighted by Gasteiger charge is 1.84. The molecule has 0 aromatic carbocycles. The molecule has 0 aliphatic heterocycles. The molecule has 0 saturated carbocycles. The van der Waals surface area contributed by atoms with Crippen LogP contribution in [0.25, 0.3) is 0 Å². The quantitative estimate of drug-likeness (QED) is 0.267. The Hall–Kier alpha value is -0.105. The second kappa shape index (κ2) is 4.06. The van der Waals surface area contributed by atoms with E-state index in [1.807, 2.05) is 0 Å². The van der Waals surface area contributed by atoms with Gasteiger partial charge in [0.1, 0.15) is 0 Å². The van der Waals surface area contributed by atoms with Gasteiger partial charge in [-0.2, -0.15) is 8.42 Å². The molecule has 0 saturated heterocycles. The molecule has 0 heterocycles. The number of rotatable bonds is 0. The molecule has 0 bridgehead atoms. The summed E-state index contributed by atoms with van der Waals surface area (Å²) in [5, 5.41) is 0. The molecule has 5 N–H and O–H groups in total. The standard InChI is InChI=1S/BH3.H3N.H2O4S/c;;1-5(2,3)4/h2*1H3;(H2,1,2,3,4). The molecule has 0 rings (SSSR count). The van der Waals surface area contributed by atoms with Gasteiger partial charge in [0, 0.05) is 0 Å². The van der Waals surface area contributed by atoms with Crippen molar-refractivity contribution >= 4 is 18.8 Å². The maximum atomic E-state index is 8.74. The van der Waals surface area contributed by atoms with E-state index in [1.54, 1.807) is 0 Å². The molecule has 0 radical (unpaired) electrons. The zero-order chi connectivity index (χ0) is 4.50. The summed E-state index contributed by atoms with van der Waals surface area (Å²) in [6.45, 7) is 0. The van der Waals surface area contributed by atoms with E-state index in [4.69, 9.17) is 17.5 Å². The van der Waals surface area contributed by atoms with Crippen LogP contribution in [-0.2, 0) is 10.4 Å². The molecule has 0 amide bonds. The van der Waals surface area contributed by atoms with Gasteiger partial charge < -0.3 is 6.15 Å². The van der Waals surface area contributed by atoms with Crippen LogP contribution in [0.3, 0.4) is 0 Å². The van der Waals surface area contributed by atoms with E-state index in [-0.39, 0.29) is 14.6 Å². The van der Waals surface area contributed by atoms with Crippen LogP contribution in [0.4, 0.5) is 0 Å². The summed E-state index contributed by atoms with van der Waals surface area (Å²) in [5.74, 6) is 0. The van der Waals surface area contributed by atoms with Crippen molar-refractivity contribution in [2.75, 3.05) is 0 Å². The van der Waals surface area contributed by atoms with Crippen molar-refractivity contribution in [2.24, 2.45) is 0 Å². The van der Waals surface area contributed by atoms with Crippen molar-refractivity contribution in [3.8, 4) is 0 Å². The summed E-state index contributed by atoms with van der Waals surface area (Å²) in [4.78, 5) is 0. The van der Waals surface area contributed by atoms with Gasteiger partial charge in [-0.15, -0.1) is 0 Å². The lowest BCUT2D eigenvalue weighted by molar-refractivity contribution is 0.381. The molecular formula is H8BNO4S. The second-order valence-electron chi connectivity index (χ2n) is 0.448. The normalized spacial score (nSPS) is 8.29. The average molecular weight is 129 g/mol. The maximum absolute atomic E-state index is 8.74. The zero-order valence-corrected chi connectivity index (χ0v) is 3.64. The molecule has 0 fully saturated rings. The third kappa shape index (κ3) is 8100. The summed E-state index contributed by atoms with van der Waals surface area (Å²) in [7, 11) is -4.67. The van der Waals surface area contributed by atoms with Gasteiger partial charge in [-0.3, -0.25) is 9.11 Å². The van der Waals surface area contributed by atoms with Crippen LogP contribution in [-0.4, -0.2) is 25.9 Å². The van der Waals surface area contributed by atoms with Crippen LogP contribution in [0.5, 0.6) is 0 Å². The van der Waals surface area contributed by atoms with E-state index in [1.165, 1.54) is 0 Å². The third-order valence-electron chi connectivity index (χ3n) is 0. The number of hydrogen-bond acceptors (Lipinski definition) is 3. The molecule has 7 heteroatoms. The Morgan fingerprint density at radius 2 is 1.14 bits per heavy atom. The van der Waals surface area contributed by atoms with Crippen molar-refractivity contribution in [1.29, 1.82) is 0 Å². The minimum Gasteiger partial charge on any atom is -0.344 e. The Morgan fingerprint density at radius 1 is 1.14 bits per heavy atom. The first-order valence-corrected chi connectivity index (χ1v) is 2.10. The van der Waals surface area contributed by atoms with E-state index in [2.05, 4.69) is 0 Å². The molecule has 0 aliphatic rings. The van der Waals surface area contributed by atoms with Crippen LogP contribution in [0.1, 0.15) is 0 Å². The molecule has 0 aliphatic carbocycles. The summed E-state index contributed by atoms with van der Waals surface area (Å²) in [6.07, 6.45) is 0. The monoisotopic (exact) mass is 129 g/mol. The van der Waals surface area contributed by atoms with Crippen molar-refractivity contribution in [1.82, 2.24) is 6.15 Å². The molecule has 7 heavy (non-hydrogen) atoms. The Kier molecular flexibility index (Phi) is 9.17. The SMILES string of the molecule is B.N.O=S(=O)(O)O. The predicted octanol–water partition coefficient (Wildman–Crippen LogP) is -1.67. The van der Waals surface area contributed by atoms with E-state index in [9.17, 15) is 0 Å². The van der Waals surface area contributed by atoms with Crippen LogP contribution in [0.15, 0.2) is 0 Å². The third-order valence-corrected chi connectivity index (χ3v) is 0. The van der Waals surface area contributed by atoms with Crippen LogP contribution in [0, 0.1) is 0 Å². The van der Waals surface area contributed by atoms with Crippen molar-refractivity contribution in [2.45, 2.75) is 0 Å². The minimum atomic E-state index is -4.67. The van der Waals surface area contributed by atoms with E-state index < -0.39 is 10.4 Å². The Bertz CT molecular complexity index is 94.9. The molecule has 0 unspecified atom stereocenters. The first-order chi connectivity index (χ1) is 2.00. The fourth-order valence-electron chi connectivity index (χ4n) is 0. The molecule has 5 nitrogen and oxygen atoms in total. The lowest BCUT2D eigenvalue weighted by atomic mass is 10.8. The summed E-state index contributed by atoms with van der Waals surface area (Å²) >= 11 is 0. The highest BCUT2D eigenvalue weighted by atomic mass is 32.3. The van der Waals surface area contributed by atoms with Gasteiger partial charge in [-0.1, -0.05) is 0 Å². The Balaban J connectivity index is -0.0000000800. The van der Waals surface area contributed by atoms with Gasteiger partial charge >= 0.3 is 10.4 Å². The molecule has 0 atom stereocenters. The van der Waals surface area contributed by atoms with Crippen LogP contribution < -0.4 is 6.15 Å². The van der Waals surface area contributed by atoms with Gasteiger partial charge in [0.15, 0.2) is 0 Å². The fourth-order valence-corrected chi connectivity index (χ4v) is 0. The first-order valence-electron chi connectivity index (χ1n) is 0.698. The van der Waals surface area contributed by atoms with Crippen LogP contribution >= 0.6 is 0 Å². The van der Waals surface area contributed by atoms with Gasteiger partial charge in [0.25, 0.3) is 0 Å². The molecular weight excluding hydrogens is 121 g/mol. The number of hydrogen-bond donors (Lipinski definition) is 3. The molecule has 0 aromatic heterocycles. The molecule has 46 valence electrons. The van der Waals surface area contributed by atoms with Crippen LogP contribution in [0.2, 0.25) is 0 Å². The largest absolute Gasteiger partial charge is 0.394 e. The highest BCUT2D eigenvalue weighted by molar-refractivity contribution is 7.79. The van der Waals surface area contributed by atoms with Gasteiger partial charge in [0.05, 0.1) is 8.41 Å². The fraction of sp³-hybridized carbons (Fsp3) is 0. The van der Waals surface area contributed by atoms with Gasteiger partial charge in [0.2, 0.25) is 0 Å². The van der Waals surface area contributed by atoms with Crippen molar-refractivity contribution < 1.29 is 17.5 Å². The Labute approximate surface area is 43.5 Å². The van der Waals surface area contributed by atoms with Crippen molar-refractivity contribution in [3.05, 3.63) is 0 Å². The lowest BCUT2D eigenvalue weighted by Gasteiger charge is -1.68. The Morgan fingerprint density at radius 3 is 1.14 bits per heavy atom. The summed E-state index contributed by atoms with van der Waals surface area (Å²) in [5.41, 5.74) is 0.